The molecule has 1 saturated carbocycles. The zero-order chi connectivity index (χ0) is 14.8. The summed E-state index contributed by atoms with van der Waals surface area (Å²) in [5.74, 6) is -0.279. The number of carbonyl (C=O) groups is 1. The minimum atomic E-state index is -0.874. The van der Waals surface area contributed by atoms with Gasteiger partial charge in [-0.3, -0.25) is 0 Å². The summed E-state index contributed by atoms with van der Waals surface area (Å²) >= 11 is 1.30. The molecule has 112 valence electrons. The number of aromatic nitrogens is 1. The molecule has 1 N–H and O–H groups in total. The molecule has 2 unspecified atom stereocenters. The zero-order valence-electron chi connectivity index (χ0n) is 12.4. The average Bonchev–Trinajstić information content (AvgIpc) is 2.84. The second-order valence-electron chi connectivity index (χ2n) is 5.58. The summed E-state index contributed by atoms with van der Waals surface area (Å²) in [7, 11) is 0. The van der Waals surface area contributed by atoms with Crippen molar-refractivity contribution in [3.8, 4) is 0 Å². The van der Waals surface area contributed by atoms with E-state index in [-0.39, 0.29) is 5.60 Å². The van der Waals surface area contributed by atoms with Crippen LogP contribution in [0.4, 0.5) is 0 Å². The molecular formula is C15H23NO3S. The second-order valence-corrected chi connectivity index (χ2v) is 6.58. The van der Waals surface area contributed by atoms with Crippen molar-refractivity contribution in [3.63, 3.8) is 0 Å². The van der Waals surface area contributed by atoms with Crippen molar-refractivity contribution in [2.45, 2.75) is 58.5 Å². The van der Waals surface area contributed by atoms with E-state index >= 15 is 0 Å². The van der Waals surface area contributed by atoms with Crippen LogP contribution in [0.1, 0.15) is 66.8 Å². The molecule has 5 heteroatoms. The van der Waals surface area contributed by atoms with Gasteiger partial charge in [0.2, 0.25) is 0 Å². The Balaban J connectivity index is 2.41. The van der Waals surface area contributed by atoms with Gasteiger partial charge in [-0.25, -0.2) is 9.78 Å². The van der Waals surface area contributed by atoms with E-state index in [0.717, 1.165) is 24.3 Å². The number of aryl methyl sites for hydroxylation is 1. The van der Waals surface area contributed by atoms with Gasteiger partial charge in [0.05, 0.1) is 5.69 Å². The van der Waals surface area contributed by atoms with Crippen molar-refractivity contribution in [1.29, 1.82) is 0 Å². The van der Waals surface area contributed by atoms with E-state index in [4.69, 9.17) is 4.74 Å². The van der Waals surface area contributed by atoms with Gasteiger partial charge in [0, 0.05) is 6.61 Å². The molecule has 0 aliphatic heterocycles. The number of carboxylic acid groups (broad SMARTS) is 1. The third kappa shape index (κ3) is 2.88. The summed E-state index contributed by atoms with van der Waals surface area (Å²) in [5, 5.41) is 10.2. The molecule has 0 amide bonds. The Morgan fingerprint density at radius 2 is 2.30 bits per heavy atom. The quantitative estimate of drug-likeness (QED) is 0.897. The highest BCUT2D eigenvalue weighted by Crippen LogP contribution is 2.44. The fourth-order valence-electron chi connectivity index (χ4n) is 3.12. The number of carboxylic acids is 1. The Morgan fingerprint density at radius 3 is 2.80 bits per heavy atom. The summed E-state index contributed by atoms with van der Waals surface area (Å²) in [5.41, 5.74) is 0.323. The van der Waals surface area contributed by atoms with E-state index in [1.165, 1.54) is 17.8 Å². The van der Waals surface area contributed by atoms with Crippen molar-refractivity contribution in [2.75, 3.05) is 6.61 Å². The third-order valence-electron chi connectivity index (χ3n) is 3.99. The van der Waals surface area contributed by atoms with Crippen LogP contribution in [0.25, 0.3) is 0 Å². The molecule has 0 bridgehead atoms. The molecule has 1 aliphatic rings. The van der Waals surface area contributed by atoms with E-state index < -0.39 is 5.97 Å². The highest BCUT2D eigenvalue weighted by atomic mass is 32.1. The number of hydrogen-bond acceptors (Lipinski definition) is 4. The van der Waals surface area contributed by atoms with Crippen LogP contribution in [0.15, 0.2) is 0 Å². The molecule has 20 heavy (non-hydrogen) atoms. The van der Waals surface area contributed by atoms with Gasteiger partial charge in [0.1, 0.15) is 15.5 Å². The zero-order valence-corrected chi connectivity index (χ0v) is 13.3. The van der Waals surface area contributed by atoms with Crippen LogP contribution in [0.2, 0.25) is 0 Å². The van der Waals surface area contributed by atoms with Gasteiger partial charge in [-0.05, 0) is 38.5 Å². The van der Waals surface area contributed by atoms with E-state index in [0.29, 0.717) is 29.5 Å². The predicted octanol–water partition coefficient (Wildman–Crippen LogP) is 3.85. The lowest BCUT2D eigenvalue weighted by Crippen LogP contribution is -2.35. The Morgan fingerprint density at radius 1 is 1.55 bits per heavy atom. The van der Waals surface area contributed by atoms with Crippen LogP contribution < -0.4 is 0 Å². The minimum Gasteiger partial charge on any atom is -0.477 e. The Labute approximate surface area is 124 Å². The summed E-state index contributed by atoms with van der Waals surface area (Å²) in [4.78, 5) is 16.3. The molecule has 1 aromatic rings. The molecule has 0 radical (unpaired) electrons. The topological polar surface area (TPSA) is 59.4 Å². The van der Waals surface area contributed by atoms with E-state index in [1.807, 2.05) is 13.8 Å². The van der Waals surface area contributed by atoms with Gasteiger partial charge in [-0.15, -0.1) is 11.3 Å². The van der Waals surface area contributed by atoms with Gasteiger partial charge in [-0.2, -0.15) is 0 Å². The van der Waals surface area contributed by atoms with E-state index in [2.05, 4.69) is 11.9 Å². The SMILES string of the molecule is CCOC1(c2nc(CC)c(C(=O)O)s2)CCCC(C)C1. The summed E-state index contributed by atoms with van der Waals surface area (Å²) < 4.78 is 6.07. The first-order valence-electron chi connectivity index (χ1n) is 7.39. The van der Waals surface area contributed by atoms with Gasteiger partial charge in [0.25, 0.3) is 0 Å². The van der Waals surface area contributed by atoms with Crippen LogP contribution in [0, 0.1) is 5.92 Å². The van der Waals surface area contributed by atoms with Crippen molar-refractivity contribution in [3.05, 3.63) is 15.6 Å². The number of rotatable bonds is 5. The van der Waals surface area contributed by atoms with E-state index in [9.17, 15) is 9.90 Å². The van der Waals surface area contributed by atoms with Crippen molar-refractivity contribution in [2.24, 2.45) is 5.92 Å². The standard InChI is InChI=1S/C15H23NO3S/c1-4-11-12(13(17)18)20-14(16-11)15(19-5-2)8-6-7-10(3)9-15/h10H,4-9H2,1-3H3,(H,17,18). The normalized spacial score (nSPS) is 26.6. The monoisotopic (exact) mass is 297 g/mol. The van der Waals surface area contributed by atoms with E-state index in [1.54, 1.807) is 0 Å². The van der Waals surface area contributed by atoms with Gasteiger partial charge >= 0.3 is 5.97 Å². The van der Waals surface area contributed by atoms with Crippen LogP contribution >= 0.6 is 11.3 Å². The molecule has 1 fully saturated rings. The summed E-state index contributed by atoms with van der Waals surface area (Å²) in [6.45, 7) is 6.81. The highest BCUT2D eigenvalue weighted by Gasteiger charge is 2.41. The molecule has 1 heterocycles. The van der Waals surface area contributed by atoms with Crippen LogP contribution in [0.5, 0.6) is 0 Å². The summed E-state index contributed by atoms with van der Waals surface area (Å²) in [6.07, 6.45) is 4.87. The Kier molecular flexibility index (Phi) is 4.81. The van der Waals surface area contributed by atoms with Gasteiger partial charge in [-0.1, -0.05) is 20.3 Å². The number of thiazole rings is 1. The van der Waals surface area contributed by atoms with Crippen molar-refractivity contribution < 1.29 is 14.6 Å². The maximum absolute atomic E-state index is 11.3. The van der Waals surface area contributed by atoms with Crippen LogP contribution in [0.3, 0.4) is 0 Å². The summed E-state index contributed by atoms with van der Waals surface area (Å²) in [6, 6.07) is 0. The van der Waals surface area contributed by atoms with Gasteiger partial charge in [0.15, 0.2) is 0 Å². The fraction of sp³-hybridized carbons (Fsp3) is 0.733. The fourth-order valence-corrected chi connectivity index (χ4v) is 4.29. The molecule has 0 aromatic carbocycles. The molecule has 0 saturated heterocycles. The first-order valence-corrected chi connectivity index (χ1v) is 8.21. The average molecular weight is 297 g/mol. The molecule has 1 aliphatic carbocycles. The molecular weight excluding hydrogens is 274 g/mol. The Hall–Kier alpha value is -0.940. The molecule has 1 aromatic heterocycles. The number of hydrogen-bond donors (Lipinski definition) is 1. The largest absolute Gasteiger partial charge is 0.477 e. The maximum Gasteiger partial charge on any atom is 0.347 e. The first kappa shape index (κ1) is 15.4. The Bertz CT molecular complexity index is 481. The minimum absolute atomic E-state index is 0.366. The molecule has 2 atom stereocenters. The number of nitrogens with zero attached hydrogens (tertiary/aromatic N) is 1. The highest BCUT2D eigenvalue weighted by molar-refractivity contribution is 7.13. The second kappa shape index (κ2) is 6.22. The maximum atomic E-state index is 11.3. The predicted molar refractivity (Wildman–Crippen MR) is 79.4 cm³/mol. The lowest BCUT2D eigenvalue weighted by Gasteiger charge is -2.38. The van der Waals surface area contributed by atoms with Crippen LogP contribution in [-0.2, 0) is 16.8 Å². The lowest BCUT2D eigenvalue weighted by molar-refractivity contribution is -0.0821. The molecule has 4 nitrogen and oxygen atoms in total. The third-order valence-corrected chi connectivity index (χ3v) is 5.26. The van der Waals surface area contributed by atoms with Crippen LogP contribution in [-0.4, -0.2) is 22.7 Å². The number of aromatic carboxylic acids is 1. The van der Waals surface area contributed by atoms with Crippen molar-refractivity contribution in [1.82, 2.24) is 4.98 Å². The smallest absolute Gasteiger partial charge is 0.347 e. The molecule has 2 rings (SSSR count). The first-order chi connectivity index (χ1) is 9.52. The van der Waals surface area contributed by atoms with Gasteiger partial charge < -0.3 is 9.84 Å². The van der Waals surface area contributed by atoms with Crippen molar-refractivity contribution >= 4 is 17.3 Å². The molecule has 0 spiro atoms. The lowest BCUT2D eigenvalue weighted by atomic mass is 9.79. The number of ether oxygens (including phenoxy) is 1.